The molecule has 2 rings (SSSR count). The summed E-state index contributed by atoms with van der Waals surface area (Å²) in [5.41, 5.74) is 4.63. The van der Waals surface area contributed by atoms with E-state index in [4.69, 9.17) is 4.74 Å². The number of amides is 2. The number of nitrogens with zero attached hydrogens (tertiary/aromatic N) is 1. The van der Waals surface area contributed by atoms with Crippen LogP contribution < -0.4 is 15.5 Å². The number of aryl methyl sites for hydroxylation is 1. The predicted molar refractivity (Wildman–Crippen MR) is 156 cm³/mol. The Kier molecular flexibility index (Phi) is 12.0. The van der Waals surface area contributed by atoms with Crippen LogP contribution >= 0.6 is 0 Å². The average Bonchev–Trinajstić information content (AvgIpc) is 2.81. The molecular weight excluding hydrogens is 462 g/mol. The van der Waals surface area contributed by atoms with Gasteiger partial charge in [-0.3, -0.25) is 4.79 Å². The van der Waals surface area contributed by atoms with Gasteiger partial charge in [0.25, 0.3) is 0 Å². The van der Waals surface area contributed by atoms with Crippen molar-refractivity contribution in [2.24, 2.45) is 17.8 Å². The fourth-order valence-electron chi connectivity index (χ4n) is 4.28. The van der Waals surface area contributed by atoms with Crippen LogP contribution in [0.3, 0.4) is 0 Å². The molecule has 0 fully saturated rings. The lowest BCUT2D eigenvalue weighted by atomic mass is 9.92. The van der Waals surface area contributed by atoms with Gasteiger partial charge in [-0.1, -0.05) is 72.2 Å². The minimum absolute atomic E-state index is 0.0121. The maximum absolute atomic E-state index is 13.0. The molecule has 0 spiro atoms. The number of anilines is 3. The normalized spacial score (nSPS) is 12.1. The van der Waals surface area contributed by atoms with Crippen molar-refractivity contribution >= 4 is 29.1 Å². The number of urea groups is 1. The van der Waals surface area contributed by atoms with Crippen molar-refractivity contribution in [3.05, 3.63) is 53.6 Å². The van der Waals surface area contributed by atoms with E-state index in [1.165, 1.54) is 0 Å². The predicted octanol–water partition coefficient (Wildman–Crippen LogP) is 7.84. The molecule has 2 aromatic carbocycles. The summed E-state index contributed by atoms with van der Waals surface area (Å²) >= 11 is 0. The molecule has 37 heavy (non-hydrogen) atoms. The third kappa shape index (κ3) is 10.5. The van der Waals surface area contributed by atoms with Crippen LogP contribution in [0.4, 0.5) is 21.9 Å². The Balaban J connectivity index is 2.37. The highest BCUT2D eigenvalue weighted by Gasteiger charge is 2.21. The van der Waals surface area contributed by atoms with Gasteiger partial charge < -0.3 is 20.3 Å². The third-order valence-electron chi connectivity index (χ3n) is 6.04. The number of esters is 1. The molecule has 1 atom stereocenters. The van der Waals surface area contributed by atoms with Crippen LogP contribution in [0.2, 0.25) is 0 Å². The average molecular weight is 510 g/mol. The molecule has 0 saturated heterocycles. The zero-order valence-electron chi connectivity index (χ0n) is 24.1. The summed E-state index contributed by atoms with van der Waals surface area (Å²) in [7, 11) is 0. The molecule has 0 aliphatic heterocycles. The molecule has 0 aliphatic carbocycles. The monoisotopic (exact) mass is 509 g/mol. The second-order valence-electron chi connectivity index (χ2n) is 11.3. The summed E-state index contributed by atoms with van der Waals surface area (Å²) in [6.45, 7) is 19.2. The molecule has 0 heterocycles. The molecule has 0 radical (unpaired) electrons. The highest BCUT2D eigenvalue weighted by molar-refractivity contribution is 6.02. The van der Waals surface area contributed by atoms with Crippen LogP contribution in [0.5, 0.6) is 0 Å². The molecule has 0 saturated carbocycles. The SMILES string of the molecule is CC[C@@H](CC(=O)OCC(C)C)c1ccc(N(CC(C)C)CC(C)C)c(NC(=O)Nc2ccc(C)cc2)c1. The summed E-state index contributed by atoms with van der Waals surface area (Å²) in [5, 5.41) is 6.05. The van der Waals surface area contributed by atoms with Crippen LogP contribution in [-0.2, 0) is 9.53 Å². The third-order valence-corrected chi connectivity index (χ3v) is 6.04. The highest BCUT2D eigenvalue weighted by Crippen LogP contribution is 2.34. The first-order valence-corrected chi connectivity index (χ1v) is 13.7. The highest BCUT2D eigenvalue weighted by atomic mass is 16.5. The molecular formula is C31H47N3O3. The van der Waals surface area contributed by atoms with Gasteiger partial charge in [-0.2, -0.15) is 0 Å². The van der Waals surface area contributed by atoms with Gasteiger partial charge in [-0.25, -0.2) is 4.79 Å². The van der Waals surface area contributed by atoms with Gasteiger partial charge in [0.1, 0.15) is 0 Å². The van der Waals surface area contributed by atoms with Gasteiger partial charge in [0.2, 0.25) is 0 Å². The number of carbonyl (C=O) groups excluding carboxylic acids is 2. The van der Waals surface area contributed by atoms with E-state index in [1.54, 1.807) is 0 Å². The fourth-order valence-corrected chi connectivity index (χ4v) is 4.28. The van der Waals surface area contributed by atoms with Gasteiger partial charge in [0, 0.05) is 18.8 Å². The second-order valence-corrected chi connectivity index (χ2v) is 11.3. The number of carbonyl (C=O) groups is 2. The Bertz CT molecular complexity index is 989. The van der Waals surface area contributed by atoms with Crippen LogP contribution in [0, 0.1) is 24.7 Å². The molecule has 2 amide bonds. The van der Waals surface area contributed by atoms with Crippen molar-refractivity contribution < 1.29 is 14.3 Å². The lowest BCUT2D eigenvalue weighted by Gasteiger charge is -2.31. The summed E-state index contributed by atoms with van der Waals surface area (Å²) in [5.74, 6) is 1.06. The Morgan fingerprint density at radius 1 is 0.865 bits per heavy atom. The lowest BCUT2D eigenvalue weighted by molar-refractivity contribution is -0.145. The van der Waals surface area contributed by atoms with Crippen molar-refractivity contribution in [3.8, 4) is 0 Å². The molecule has 0 bridgehead atoms. The summed E-state index contributed by atoms with van der Waals surface area (Å²) in [4.78, 5) is 27.9. The summed E-state index contributed by atoms with van der Waals surface area (Å²) in [6, 6.07) is 13.7. The van der Waals surface area contributed by atoms with Crippen molar-refractivity contribution in [2.45, 2.75) is 74.1 Å². The largest absolute Gasteiger partial charge is 0.465 e. The number of benzene rings is 2. The number of rotatable bonds is 13. The van der Waals surface area contributed by atoms with E-state index in [1.807, 2.05) is 51.1 Å². The topological polar surface area (TPSA) is 70.7 Å². The van der Waals surface area contributed by atoms with E-state index < -0.39 is 0 Å². The summed E-state index contributed by atoms with van der Waals surface area (Å²) in [6.07, 6.45) is 1.12. The number of nitrogens with one attached hydrogen (secondary N) is 2. The van der Waals surface area contributed by atoms with Crippen LogP contribution in [0.1, 0.15) is 78.4 Å². The molecule has 0 aromatic heterocycles. The summed E-state index contributed by atoms with van der Waals surface area (Å²) < 4.78 is 5.45. The smallest absolute Gasteiger partial charge is 0.323 e. The van der Waals surface area contributed by atoms with E-state index in [0.717, 1.165) is 47.7 Å². The minimum atomic E-state index is -0.291. The first-order chi connectivity index (χ1) is 17.5. The Morgan fingerprint density at radius 2 is 1.49 bits per heavy atom. The first kappa shape index (κ1) is 30.2. The second kappa shape index (κ2) is 14.7. The van der Waals surface area contributed by atoms with Crippen LogP contribution in [-0.4, -0.2) is 31.7 Å². The number of hydrogen-bond donors (Lipinski definition) is 2. The molecule has 204 valence electrons. The van der Waals surface area contributed by atoms with Crippen molar-refractivity contribution in [1.82, 2.24) is 0 Å². The van der Waals surface area contributed by atoms with Gasteiger partial charge in [-0.05, 0) is 66.8 Å². The maximum Gasteiger partial charge on any atom is 0.323 e. The van der Waals surface area contributed by atoms with Crippen LogP contribution in [0.25, 0.3) is 0 Å². The van der Waals surface area contributed by atoms with E-state index in [-0.39, 0.29) is 17.9 Å². The van der Waals surface area contributed by atoms with Crippen molar-refractivity contribution in [1.29, 1.82) is 0 Å². The quantitative estimate of drug-likeness (QED) is 0.270. The van der Waals surface area contributed by atoms with E-state index in [2.05, 4.69) is 62.3 Å². The van der Waals surface area contributed by atoms with Crippen molar-refractivity contribution in [2.75, 3.05) is 35.2 Å². The molecule has 6 nitrogen and oxygen atoms in total. The zero-order valence-corrected chi connectivity index (χ0v) is 24.1. The Morgan fingerprint density at radius 3 is 2.03 bits per heavy atom. The van der Waals surface area contributed by atoms with E-state index in [0.29, 0.717) is 30.8 Å². The van der Waals surface area contributed by atoms with Gasteiger partial charge in [-0.15, -0.1) is 0 Å². The Labute approximate surface area is 224 Å². The minimum Gasteiger partial charge on any atom is -0.465 e. The first-order valence-electron chi connectivity index (χ1n) is 13.7. The zero-order chi connectivity index (χ0) is 27.5. The van der Waals surface area contributed by atoms with Crippen molar-refractivity contribution in [3.63, 3.8) is 0 Å². The van der Waals surface area contributed by atoms with Gasteiger partial charge in [0.05, 0.1) is 24.4 Å². The van der Waals surface area contributed by atoms with Gasteiger partial charge in [0.15, 0.2) is 0 Å². The van der Waals surface area contributed by atoms with Crippen LogP contribution in [0.15, 0.2) is 42.5 Å². The standard InChI is InChI=1S/C31H47N3O3/c1-9-25(17-30(35)37-20-23(6)7)26-12-15-29(34(18-21(2)3)19-22(4)5)28(16-26)33-31(36)32-27-13-10-24(8)11-14-27/h10-16,21-23,25H,9,17-20H2,1-8H3,(H2,32,33,36)/t25-/m0/s1. The molecule has 0 aliphatic rings. The Hall–Kier alpha value is -3.02. The fraction of sp³-hybridized carbons (Fsp3) is 0.548. The molecule has 2 N–H and O–H groups in total. The number of hydrogen-bond acceptors (Lipinski definition) is 4. The van der Waals surface area contributed by atoms with Gasteiger partial charge >= 0.3 is 12.0 Å². The van der Waals surface area contributed by atoms with E-state index in [9.17, 15) is 9.59 Å². The lowest BCUT2D eigenvalue weighted by Crippen LogP contribution is -2.32. The van der Waals surface area contributed by atoms with E-state index >= 15 is 0 Å². The molecule has 2 aromatic rings. The maximum atomic E-state index is 13.0. The molecule has 6 heteroatoms. The molecule has 0 unspecified atom stereocenters. The number of ether oxygens (including phenoxy) is 1.